The van der Waals surface area contributed by atoms with Crippen LogP contribution < -0.4 is 16.6 Å². The minimum absolute atomic E-state index is 0.194. The first-order valence-corrected chi connectivity index (χ1v) is 6.27. The number of aromatic amines is 1. The summed E-state index contributed by atoms with van der Waals surface area (Å²) >= 11 is 3.19. The summed E-state index contributed by atoms with van der Waals surface area (Å²) in [4.78, 5) is 17.9. The molecule has 2 aromatic rings. The molecule has 5 nitrogen and oxygen atoms in total. The van der Waals surface area contributed by atoms with Crippen LogP contribution in [0.2, 0.25) is 0 Å². The van der Waals surface area contributed by atoms with Crippen LogP contribution in [0.25, 0.3) is 0 Å². The van der Waals surface area contributed by atoms with Crippen molar-refractivity contribution in [1.29, 1.82) is 0 Å². The van der Waals surface area contributed by atoms with E-state index in [1.807, 2.05) is 24.3 Å². The first kappa shape index (κ1) is 12.6. The topological polar surface area (TPSA) is 83.8 Å². The number of nitrogens with two attached hydrogens (primary N) is 1. The summed E-state index contributed by atoms with van der Waals surface area (Å²) in [6, 6.07) is 7.71. The van der Waals surface area contributed by atoms with Crippen molar-refractivity contribution in [3.63, 3.8) is 0 Å². The van der Waals surface area contributed by atoms with E-state index in [-0.39, 0.29) is 5.56 Å². The number of anilines is 2. The molecular formula is C12H13BrN4O. The van der Waals surface area contributed by atoms with Crippen LogP contribution in [0.4, 0.5) is 11.5 Å². The maximum Gasteiger partial charge on any atom is 0.267 e. The average Bonchev–Trinajstić information content (AvgIpc) is 2.37. The Bertz CT molecular complexity index is 579. The number of hydrogen-bond donors (Lipinski definition) is 3. The molecule has 0 bridgehead atoms. The Morgan fingerprint density at radius 1 is 1.33 bits per heavy atom. The number of halogens is 1. The minimum Gasteiger partial charge on any atom is -0.399 e. The molecule has 94 valence electrons. The molecule has 4 N–H and O–H groups in total. The van der Waals surface area contributed by atoms with Crippen LogP contribution in [0.1, 0.15) is 5.56 Å². The second kappa shape index (κ2) is 5.68. The van der Waals surface area contributed by atoms with Gasteiger partial charge in [0.2, 0.25) is 0 Å². The average molecular weight is 309 g/mol. The molecule has 0 aliphatic rings. The maximum atomic E-state index is 11.3. The molecule has 6 heteroatoms. The van der Waals surface area contributed by atoms with Gasteiger partial charge in [-0.3, -0.25) is 4.79 Å². The molecule has 0 saturated heterocycles. The Kier molecular flexibility index (Phi) is 3.99. The predicted molar refractivity (Wildman–Crippen MR) is 75.6 cm³/mol. The van der Waals surface area contributed by atoms with Crippen molar-refractivity contribution in [3.8, 4) is 0 Å². The third kappa shape index (κ3) is 3.10. The lowest BCUT2D eigenvalue weighted by Gasteiger charge is -2.06. The van der Waals surface area contributed by atoms with Crippen LogP contribution in [-0.2, 0) is 6.42 Å². The summed E-state index contributed by atoms with van der Waals surface area (Å²) in [5.41, 5.74) is 7.35. The van der Waals surface area contributed by atoms with Crippen LogP contribution in [0.15, 0.2) is 39.9 Å². The van der Waals surface area contributed by atoms with Gasteiger partial charge in [-0.25, -0.2) is 4.98 Å². The maximum absolute atomic E-state index is 11.3. The zero-order chi connectivity index (χ0) is 13.0. The lowest BCUT2D eigenvalue weighted by atomic mass is 10.1. The molecular weight excluding hydrogens is 296 g/mol. The largest absolute Gasteiger partial charge is 0.399 e. The Labute approximate surface area is 113 Å². The van der Waals surface area contributed by atoms with Crippen LogP contribution in [0, 0.1) is 0 Å². The minimum atomic E-state index is -0.194. The Balaban J connectivity index is 1.94. The number of hydrogen-bond acceptors (Lipinski definition) is 4. The van der Waals surface area contributed by atoms with Gasteiger partial charge >= 0.3 is 0 Å². The molecule has 1 aromatic carbocycles. The SMILES string of the molecule is Nc1ccc(CCNc2nc[nH]c(=O)c2Br)cc1. The third-order valence-electron chi connectivity index (χ3n) is 2.48. The zero-order valence-corrected chi connectivity index (χ0v) is 11.2. The molecule has 0 unspecified atom stereocenters. The van der Waals surface area contributed by atoms with Crippen LogP contribution in [-0.4, -0.2) is 16.5 Å². The van der Waals surface area contributed by atoms with Gasteiger partial charge in [0.1, 0.15) is 10.3 Å². The number of nitrogen functional groups attached to an aromatic ring is 1. The summed E-state index contributed by atoms with van der Waals surface area (Å²) < 4.78 is 0.419. The van der Waals surface area contributed by atoms with E-state index in [4.69, 9.17) is 5.73 Å². The summed E-state index contributed by atoms with van der Waals surface area (Å²) in [6.45, 7) is 0.693. The molecule has 0 atom stereocenters. The normalized spacial score (nSPS) is 10.3. The van der Waals surface area contributed by atoms with Gasteiger partial charge in [-0.05, 0) is 40.0 Å². The second-order valence-corrected chi connectivity index (χ2v) is 4.61. The fourth-order valence-electron chi connectivity index (χ4n) is 1.52. The summed E-state index contributed by atoms with van der Waals surface area (Å²) in [6.07, 6.45) is 2.21. The first-order valence-electron chi connectivity index (χ1n) is 5.48. The van der Waals surface area contributed by atoms with E-state index in [1.165, 1.54) is 11.9 Å². The monoisotopic (exact) mass is 308 g/mol. The van der Waals surface area contributed by atoms with Crippen LogP contribution >= 0.6 is 15.9 Å². The molecule has 0 fully saturated rings. The predicted octanol–water partition coefficient (Wildman–Crippen LogP) is 1.77. The van der Waals surface area contributed by atoms with Crippen molar-refractivity contribution in [3.05, 3.63) is 51.0 Å². The van der Waals surface area contributed by atoms with Gasteiger partial charge < -0.3 is 16.0 Å². The fourth-order valence-corrected chi connectivity index (χ4v) is 1.87. The summed E-state index contributed by atoms with van der Waals surface area (Å²) in [5.74, 6) is 0.550. The van der Waals surface area contributed by atoms with Crippen molar-refractivity contribution in [1.82, 2.24) is 9.97 Å². The lowest BCUT2D eigenvalue weighted by molar-refractivity contribution is 0.989. The highest BCUT2D eigenvalue weighted by Gasteiger charge is 2.03. The molecule has 0 amide bonds. The highest BCUT2D eigenvalue weighted by atomic mass is 79.9. The van der Waals surface area contributed by atoms with Crippen molar-refractivity contribution in [2.45, 2.75) is 6.42 Å². The lowest BCUT2D eigenvalue weighted by Crippen LogP contribution is -2.13. The Morgan fingerprint density at radius 3 is 2.78 bits per heavy atom. The van der Waals surface area contributed by atoms with Gasteiger partial charge in [0, 0.05) is 12.2 Å². The van der Waals surface area contributed by atoms with Crippen molar-refractivity contribution in [2.75, 3.05) is 17.6 Å². The number of benzene rings is 1. The Morgan fingerprint density at radius 2 is 2.06 bits per heavy atom. The molecule has 18 heavy (non-hydrogen) atoms. The molecule has 0 aliphatic carbocycles. The molecule has 1 aromatic heterocycles. The van der Waals surface area contributed by atoms with E-state index in [0.29, 0.717) is 16.8 Å². The van der Waals surface area contributed by atoms with Crippen molar-refractivity contribution in [2.24, 2.45) is 0 Å². The van der Waals surface area contributed by atoms with Gasteiger partial charge in [0.15, 0.2) is 0 Å². The van der Waals surface area contributed by atoms with E-state index in [9.17, 15) is 4.79 Å². The molecule has 0 radical (unpaired) electrons. The Hall–Kier alpha value is -1.82. The smallest absolute Gasteiger partial charge is 0.267 e. The standard InChI is InChI=1S/C12H13BrN4O/c13-10-11(16-7-17-12(10)18)15-6-5-8-1-3-9(14)4-2-8/h1-4,7H,5-6,14H2,(H2,15,16,17,18). The first-order chi connectivity index (χ1) is 8.66. The van der Waals surface area contributed by atoms with E-state index in [0.717, 1.165) is 12.1 Å². The highest BCUT2D eigenvalue weighted by Crippen LogP contribution is 2.13. The molecule has 0 spiro atoms. The van der Waals surface area contributed by atoms with E-state index < -0.39 is 0 Å². The van der Waals surface area contributed by atoms with Gasteiger partial charge in [-0.15, -0.1) is 0 Å². The molecule has 0 saturated carbocycles. The van der Waals surface area contributed by atoms with Gasteiger partial charge in [-0.1, -0.05) is 12.1 Å². The number of rotatable bonds is 4. The quantitative estimate of drug-likeness (QED) is 0.752. The second-order valence-electron chi connectivity index (χ2n) is 3.81. The van der Waals surface area contributed by atoms with Crippen LogP contribution in [0.3, 0.4) is 0 Å². The van der Waals surface area contributed by atoms with Crippen molar-refractivity contribution < 1.29 is 0 Å². The van der Waals surface area contributed by atoms with E-state index in [1.54, 1.807) is 0 Å². The van der Waals surface area contributed by atoms with Crippen LogP contribution in [0.5, 0.6) is 0 Å². The number of H-pyrrole nitrogens is 1. The van der Waals surface area contributed by atoms with Gasteiger partial charge in [0.25, 0.3) is 5.56 Å². The summed E-state index contributed by atoms with van der Waals surface area (Å²) in [5, 5.41) is 3.11. The number of nitrogens with one attached hydrogen (secondary N) is 2. The van der Waals surface area contributed by atoms with Crippen molar-refractivity contribution >= 4 is 27.4 Å². The molecule has 2 rings (SSSR count). The fraction of sp³-hybridized carbons (Fsp3) is 0.167. The number of nitrogens with zero attached hydrogens (tertiary/aromatic N) is 1. The summed E-state index contributed by atoms with van der Waals surface area (Å²) in [7, 11) is 0. The van der Waals surface area contributed by atoms with E-state index >= 15 is 0 Å². The number of aromatic nitrogens is 2. The third-order valence-corrected chi connectivity index (χ3v) is 3.22. The molecule has 1 heterocycles. The van der Waals surface area contributed by atoms with Gasteiger partial charge in [0.05, 0.1) is 6.33 Å². The van der Waals surface area contributed by atoms with Gasteiger partial charge in [-0.2, -0.15) is 0 Å². The highest BCUT2D eigenvalue weighted by molar-refractivity contribution is 9.10. The van der Waals surface area contributed by atoms with E-state index in [2.05, 4.69) is 31.2 Å². The zero-order valence-electron chi connectivity index (χ0n) is 9.61. The molecule has 0 aliphatic heterocycles.